The Kier molecular flexibility index (Phi) is 5.75. The van der Waals surface area contributed by atoms with Gasteiger partial charge < -0.3 is 21.5 Å². The fourth-order valence-electron chi connectivity index (χ4n) is 2.91. The molecule has 3 aromatic rings. The topological polar surface area (TPSA) is 117 Å². The Morgan fingerprint density at radius 3 is 2.81 bits per heavy atom. The average Bonchev–Trinajstić information content (AvgIpc) is 3.04. The van der Waals surface area contributed by atoms with Crippen molar-refractivity contribution < 1.29 is 4.74 Å². The van der Waals surface area contributed by atoms with Crippen LogP contribution < -0.4 is 21.5 Å². The van der Waals surface area contributed by atoms with E-state index >= 15 is 0 Å². The van der Waals surface area contributed by atoms with Gasteiger partial charge in [-0.1, -0.05) is 25.5 Å². The van der Waals surface area contributed by atoms with Gasteiger partial charge in [-0.3, -0.25) is 4.68 Å². The third kappa shape index (κ3) is 4.28. The van der Waals surface area contributed by atoms with Crippen LogP contribution in [-0.4, -0.2) is 33.4 Å². The molecule has 8 nitrogen and oxygen atoms in total. The number of methoxy groups -OCH3 is 1. The van der Waals surface area contributed by atoms with Crippen LogP contribution in [0.3, 0.4) is 0 Å². The molecule has 0 fully saturated rings. The van der Waals surface area contributed by atoms with E-state index in [1.807, 2.05) is 36.0 Å². The minimum atomic E-state index is -0.0461. The Balaban J connectivity index is 1.90. The van der Waals surface area contributed by atoms with Crippen LogP contribution in [-0.2, 0) is 6.54 Å². The summed E-state index contributed by atoms with van der Waals surface area (Å²) in [5.74, 6) is 1.69. The van der Waals surface area contributed by atoms with E-state index in [-0.39, 0.29) is 12.0 Å². The summed E-state index contributed by atoms with van der Waals surface area (Å²) in [5, 5.41) is 7.96. The van der Waals surface area contributed by atoms with Crippen molar-refractivity contribution in [1.82, 2.24) is 19.7 Å². The number of unbranched alkanes of at least 4 members (excludes halogenated alkanes) is 1. The maximum absolute atomic E-state index is 5.96. The molecule has 2 aromatic heterocycles. The zero-order valence-electron chi connectivity index (χ0n) is 16.1. The van der Waals surface area contributed by atoms with Gasteiger partial charge in [-0.2, -0.15) is 10.1 Å². The van der Waals surface area contributed by atoms with Crippen LogP contribution in [0.4, 0.5) is 11.8 Å². The minimum Gasteiger partial charge on any atom is -0.496 e. The number of benzene rings is 1. The van der Waals surface area contributed by atoms with Gasteiger partial charge >= 0.3 is 0 Å². The molecule has 5 N–H and O–H groups in total. The van der Waals surface area contributed by atoms with Gasteiger partial charge in [-0.25, -0.2) is 4.98 Å². The van der Waals surface area contributed by atoms with Crippen LogP contribution in [0, 0.1) is 0 Å². The summed E-state index contributed by atoms with van der Waals surface area (Å²) >= 11 is 0. The third-order valence-corrected chi connectivity index (χ3v) is 4.42. The van der Waals surface area contributed by atoms with Gasteiger partial charge in [0.15, 0.2) is 11.3 Å². The summed E-state index contributed by atoms with van der Waals surface area (Å²) in [6.45, 7) is 5.46. The van der Waals surface area contributed by atoms with Crippen molar-refractivity contribution in [3.05, 3.63) is 35.5 Å². The van der Waals surface area contributed by atoms with E-state index < -0.39 is 0 Å². The molecule has 0 bridgehead atoms. The molecule has 0 saturated carbocycles. The predicted octanol–water partition coefficient (Wildman–Crippen LogP) is 2.70. The number of aromatic nitrogens is 4. The van der Waals surface area contributed by atoms with Crippen LogP contribution in [0.1, 0.15) is 43.9 Å². The number of rotatable bonds is 8. The largest absolute Gasteiger partial charge is 0.496 e. The first-order valence-electron chi connectivity index (χ1n) is 9.18. The van der Waals surface area contributed by atoms with Gasteiger partial charge in [0.1, 0.15) is 11.3 Å². The molecule has 1 atom stereocenters. The number of nitrogen functional groups attached to an aromatic ring is 1. The second-order valence-corrected chi connectivity index (χ2v) is 6.63. The van der Waals surface area contributed by atoms with Crippen molar-refractivity contribution >= 4 is 22.8 Å². The number of fused-ring (bicyclic) bond motifs is 1. The first kappa shape index (κ1) is 18.9. The van der Waals surface area contributed by atoms with Crippen LogP contribution in [0.2, 0.25) is 0 Å². The van der Waals surface area contributed by atoms with Crippen molar-refractivity contribution in [2.75, 3.05) is 24.7 Å². The maximum Gasteiger partial charge on any atom is 0.222 e. The highest BCUT2D eigenvalue weighted by Crippen LogP contribution is 2.25. The Morgan fingerprint density at radius 2 is 2.11 bits per heavy atom. The molecule has 0 amide bonds. The molecule has 0 spiro atoms. The summed E-state index contributed by atoms with van der Waals surface area (Å²) in [6, 6.07) is 5.96. The number of hydrogen-bond acceptors (Lipinski definition) is 7. The molecule has 0 aliphatic carbocycles. The molecule has 27 heavy (non-hydrogen) atoms. The second-order valence-electron chi connectivity index (χ2n) is 6.63. The molecule has 0 saturated heterocycles. The monoisotopic (exact) mass is 369 g/mol. The lowest BCUT2D eigenvalue weighted by Crippen LogP contribution is -2.08. The van der Waals surface area contributed by atoms with Crippen LogP contribution >= 0.6 is 0 Å². The average molecular weight is 369 g/mol. The number of nitrogens with one attached hydrogen (secondary N) is 1. The van der Waals surface area contributed by atoms with Crippen LogP contribution in [0.25, 0.3) is 11.0 Å². The molecule has 8 heteroatoms. The Morgan fingerprint density at radius 1 is 1.30 bits per heavy atom. The van der Waals surface area contributed by atoms with Crippen molar-refractivity contribution in [3.63, 3.8) is 0 Å². The molecule has 0 radical (unpaired) electrons. The van der Waals surface area contributed by atoms with Gasteiger partial charge in [-0.05, 0) is 25.0 Å². The Hall–Kier alpha value is -2.87. The first-order valence-corrected chi connectivity index (χ1v) is 9.18. The van der Waals surface area contributed by atoms with E-state index in [1.165, 1.54) is 0 Å². The summed E-state index contributed by atoms with van der Waals surface area (Å²) in [7, 11) is 1.66. The van der Waals surface area contributed by atoms with Gasteiger partial charge in [0.05, 0.1) is 19.9 Å². The van der Waals surface area contributed by atoms with E-state index in [0.717, 1.165) is 36.3 Å². The van der Waals surface area contributed by atoms with E-state index in [9.17, 15) is 0 Å². The van der Waals surface area contributed by atoms with Crippen molar-refractivity contribution in [1.29, 1.82) is 0 Å². The fraction of sp³-hybridized carbons (Fsp3) is 0.421. The lowest BCUT2D eigenvalue weighted by atomic mass is 10.1. The van der Waals surface area contributed by atoms with Gasteiger partial charge in [-0.15, -0.1) is 0 Å². The van der Waals surface area contributed by atoms with E-state index in [1.54, 1.807) is 7.11 Å². The molecule has 0 unspecified atom stereocenters. The highest BCUT2D eigenvalue weighted by Gasteiger charge is 2.13. The molecule has 144 valence electrons. The van der Waals surface area contributed by atoms with E-state index in [4.69, 9.17) is 16.2 Å². The molecule has 0 aliphatic rings. The molecule has 0 aliphatic heterocycles. The first-order chi connectivity index (χ1) is 13.0. The lowest BCUT2D eigenvalue weighted by molar-refractivity contribution is 0.406. The summed E-state index contributed by atoms with van der Waals surface area (Å²) in [5.41, 5.74) is 15.3. The Labute approximate surface area is 158 Å². The predicted molar refractivity (Wildman–Crippen MR) is 108 cm³/mol. The molecule has 1 aromatic carbocycles. The Bertz CT molecular complexity index is 920. The van der Waals surface area contributed by atoms with Gasteiger partial charge in [0.2, 0.25) is 5.95 Å². The number of hydrogen-bond donors (Lipinski definition) is 3. The number of ether oxygens (including phenoxy) is 1. The zero-order valence-corrected chi connectivity index (χ0v) is 16.1. The van der Waals surface area contributed by atoms with Crippen molar-refractivity contribution in [2.45, 2.75) is 39.3 Å². The maximum atomic E-state index is 5.96. The quantitative estimate of drug-likeness (QED) is 0.523. The summed E-state index contributed by atoms with van der Waals surface area (Å²) in [6.07, 6.45) is 4.02. The van der Waals surface area contributed by atoms with Gasteiger partial charge in [0.25, 0.3) is 0 Å². The summed E-state index contributed by atoms with van der Waals surface area (Å²) < 4.78 is 7.36. The van der Waals surface area contributed by atoms with Crippen LogP contribution in [0.5, 0.6) is 5.75 Å². The minimum absolute atomic E-state index is 0.0461. The third-order valence-electron chi connectivity index (χ3n) is 4.42. The normalized spacial score (nSPS) is 12.3. The van der Waals surface area contributed by atoms with Gasteiger partial charge in [0, 0.05) is 18.2 Å². The molecular weight excluding hydrogens is 342 g/mol. The standard InChI is InChI=1S/C19H27N7O/c1-4-5-8-22-18-17-15(23-19(21)24-18)11-26(25-17)10-14-7-6-13(12(2)20)9-16(14)27-3/h6-7,9,11-12H,4-5,8,10,20H2,1-3H3,(H3,21,22,23,24)/t12-/m0/s1. The molecular formula is C19H27N7O. The SMILES string of the molecule is CCCCNc1nc(N)nc2cn(Cc3ccc([C@H](C)N)cc3OC)nc12. The molecule has 2 heterocycles. The summed E-state index contributed by atoms with van der Waals surface area (Å²) in [4.78, 5) is 8.60. The number of anilines is 2. The smallest absolute Gasteiger partial charge is 0.222 e. The fourth-order valence-corrected chi connectivity index (χ4v) is 2.91. The number of nitrogens with zero attached hydrogens (tertiary/aromatic N) is 4. The highest BCUT2D eigenvalue weighted by molar-refractivity contribution is 5.85. The van der Waals surface area contributed by atoms with Crippen molar-refractivity contribution in [2.24, 2.45) is 5.73 Å². The highest BCUT2D eigenvalue weighted by atomic mass is 16.5. The van der Waals surface area contributed by atoms with Crippen molar-refractivity contribution in [3.8, 4) is 5.75 Å². The zero-order chi connectivity index (χ0) is 19.4. The molecule has 3 rings (SSSR count). The second kappa shape index (κ2) is 8.22. The van der Waals surface area contributed by atoms with E-state index in [2.05, 4.69) is 27.3 Å². The lowest BCUT2D eigenvalue weighted by Gasteiger charge is -2.12. The number of nitrogens with two attached hydrogens (primary N) is 2. The van der Waals surface area contributed by atoms with Crippen LogP contribution in [0.15, 0.2) is 24.4 Å². The van der Waals surface area contributed by atoms with E-state index in [0.29, 0.717) is 23.4 Å².